The standard InChI is InChI=1S/C16H13N3O3/c1-19-8-17-12-7-11(3-4-13(12)19)18-16(20)10-2-5-14-15(6-10)22-9-21-14/h2-8H,9H2,1H3,(H,18,20). The van der Waals surface area contributed by atoms with Crippen LogP contribution in [0.5, 0.6) is 11.5 Å². The van der Waals surface area contributed by atoms with Crippen LogP contribution in [-0.4, -0.2) is 22.3 Å². The van der Waals surface area contributed by atoms with Crippen molar-refractivity contribution in [2.24, 2.45) is 7.05 Å². The number of carbonyl (C=O) groups excluding carboxylic acids is 1. The van der Waals surface area contributed by atoms with Crippen molar-refractivity contribution in [3.8, 4) is 11.5 Å². The molecule has 0 spiro atoms. The number of hydrogen-bond donors (Lipinski definition) is 1. The van der Waals surface area contributed by atoms with E-state index >= 15 is 0 Å². The largest absolute Gasteiger partial charge is 0.454 e. The second-order valence-corrected chi connectivity index (χ2v) is 5.08. The Morgan fingerprint density at radius 2 is 2.05 bits per heavy atom. The van der Waals surface area contributed by atoms with Crippen LogP contribution >= 0.6 is 0 Å². The number of amides is 1. The van der Waals surface area contributed by atoms with Crippen molar-refractivity contribution < 1.29 is 14.3 Å². The SMILES string of the molecule is Cn1cnc2cc(NC(=O)c3ccc4c(c3)OCO4)ccc21. The fraction of sp³-hybridized carbons (Fsp3) is 0.125. The Hall–Kier alpha value is -3.02. The van der Waals surface area contributed by atoms with Crippen molar-refractivity contribution in [1.29, 1.82) is 0 Å². The van der Waals surface area contributed by atoms with E-state index in [-0.39, 0.29) is 12.7 Å². The highest BCUT2D eigenvalue weighted by atomic mass is 16.7. The van der Waals surface area contributed by atoms with Gasteiger partial charge in [0.1, 0.15) is 0 Å². The number of aryl methyl sites for hydroxylation is 1. The van der Waals surface area contributed by atoms with Gasteiger partial charge in [-0.15, -0.1) is 0 Å². The van der Waals surface area contributed by atoms with Crippen molar-refractivity contribution in [3.05, 3.63) is 48.3 Å². The first-order valence-electron chi connectivity index (χ1n) is 6.83. The van der Waals surface area contributed by atoms with E-state index in [9.17, 15) is 4.79 Å². The third-order valence-corrected chi connectivity index (χ3v) is 3.62. The van der Waals surface area contributed by atoms with Gasteiger partial charge in [-0.2, -0.15) is 0 Å². The summed E-state index contributed by atoms with van der Waals surface area (Å²) in [5.41, 5.74) is 3.08. The highest BCUT2D eigenvalue weighted by Crippen LogP contribution is 2.32. The predicted octanol–water partition coefficient (Wildman–Crippen LogP) is 2.55. The average molecular weight is 295 g/mol. The molecule has 0 saturated heterocycles. The number of imidazole rings is 1. The Morgan fingerprint density at radius 1 is 1.18 bits per heavy atom. The zero-order valence-electron chi connectivity index (χ0n) is 11.9. The molecule has 1 aliphatic heterocycles. The number of nitrogens with zero attached hydrogens (tertiary/aromatic N) is 2. The molecule has 2 heterocycles. The van der Waals surface area contributed by atoms with Crippen LogP contribution < -0.4 is 14.8 Å². The van der Waals surface area contributed by atoms with Crippen LogP contribution in [0.1, 0.15) is 10.4 Å². The number of carbonyl (C=O) groups is 1. The first-order chi connectivity index (χ1) is 10.7. The Bertz CT molecular complexity index is 885. The fourth-order valence-corrected chi connectivity index (χ4v) is 2.45. The monoisotopic (exact) mass is 295 g/mol. The molecule has 1 aliphatic rings. The molecule has 0 bridgehead atoms. The third-order valence-electron chi connectivity index (χ3n) is 3.62. The molecule has 110 valence electrons. The van der Waals surface area contributed by atoms with E-state index in [2.05, 4.69) is 10.3 Å². The molecule has 0 radical (unpaired) electrons. The molecule has 22 heavy (non-hydrogen) atoms. The van der Waals surface area contributed by atoms with Gasteiger partial charge in [0.15, 0.2) is 11.5 Å². The van der Waals surface area contributed by atoms with E-state index in [1.165, 1.54) is 0 Å². The van der Waals surface area contributed by atoms with Crippen molar-refractivity contribution >= 4 is 22.6 Å². The van der Waals surface area contributed by atoms with Gasteiger partial charge in [-0.05, 0) is 36.4 Å². The minimum absolute atomic E-state index is 0.191. The third kappa shape index (κ3) is 2.05. The number of ether oxygens (including phenoxy) is 2. The lowest BCUT2D eigenvalue weighted by Gasteiger charge is -2.06. The van der Waals surface area contributed by atoms with E-state index in [0.29, 0.717) is 22.7 Å². The van der Waals surface area contributed by atoms with Gasteiger partial charge in [0.2, 0.25) is 6.79 Å². The molecular formula is C16H13N3O3. The summed E-state index contributed by atoms with van der Waals surface area (Å²) in [6, 6.07) is 10.8. The second-order valence-electron chi connectivity index (χ2n) is 5.08. The van der Waals surface area contributed by atoms with Crippen LogP contribution in [0.25, 0.3) is 11.0 Å². The van der Waals surface area contributed by atoms with Gasteiger partial charge < -0.3 is 19.4 Å². The highest BCUT2D eigenvalue weighted by molar-refractivity contribution is 6.05. The Kier molecular flexibility index (Phi) is 2.75. The molecule has 0 aliphatic carbocycles. The fourth-order valence-electron chi connectivity index (χ4n) is 2.45. The van der Waals surface area contributed by atoms with E-state index < -0.39 is 0 Å². The highest BCUT2D eigenvalue weighted by Gasteiger charge is 2.16. The van der Waals surface area contributed by atoms with Gasteiger partial charge in [-0.3, -0.25) is 4.79 Å². The number of fused-ring (bicyclic) bond motifs is 2. The number of rotatable bonds is 2. The number of anilines is 1. The Balaban J connectivity index is 1.60. The quantitative estimate of drug-likeness (QED) is 0.789. The first kappa shape index (κ1) is 12.7. The lowest BCUT2D eigenvalue weighted by atomic mass is 10.2. The summed E-state index contributed by atoms with van der Waals surface area (Å²) in [4.78, 5) is 16.6. The van der Waals surface area contributed by atoms with Gasteiger partial charge in [0, 0.05) is 18.3 Å². The van der Waals surface area contributed by atoms with Gasteiger partial charge in [-0.25, -0.2) is 4.98 Å². The first-order valence-corrected chi connectivity index (χ1v) is 6.83. The van der Waals surface area contributed by atoms with Crippen molar-refractivity contribution in [1.82, 2.24) is 9.55 Å². The average Bonchev–Trinajstić information content (AvgIpc) is 3.13. The topological polar surface area (TPSA) is 65.4 Å². The molecule has 0 fully saturated rings. The van der Waals surface area contributed by atoms with Crippen molar-refractivity contribution in [2.75, 3.05) is 12.1 Å². The van der Waals surface area contributed by atoms with Gasteiger partial charge in [-0.1, -0.05) is 0 Å². The summed E-state index contributed by atoms with van der Waals surface area (Å²) in [5.74, 6) is 1.05. The summed E-state index contributed by atoms with van der Waals surface area (Å²) in [5, 5.41) is 2.87. The Labute approximate surface area is 126 Å². The molecule has 0 unspecified atom stereocenters. The molecule has 6 heteroatoms. The van der Waals surface area contributed by atoms with Crippen molar-refractivity contribution in [2.45, 2.75) is 0 Å². The number of aromatic nitrogens is 2. The Morgan fingerprint density at radius 3 is 2.95 bits per heavy atom. The van der Waals surface area contributed by atoms with Crippen LogP contribution in [0.3, 0.4) is 0 Å². The van der Waals surface area contributed by atoms with E-state index in [1.807, 2.05) is 29.8 Å². The molecule has 1 aromatic heterocycles. The van der Waals surface area contributed by atoms with E-state index in [1.54, 1.807) is 24.5 Å². The van der Waals surface area contributed by atoms with Crippen LogP contribution in [0.2, 0.25) is 0 Å². The van der Waals surface area contributed by atoms with Crippen LogP contribution in [-0.2, 0) is 7.05 Å². The maximum atomic E-state index is 12.3. The van der Waals surface area contributed by atoms with Gasteiger partial charge in [0.05, 0.1) is 17.4 Å². The molecule has 2 aromatic carbocycles. The minimum atomic E-state index is -0.200. The normalized spacial score (nSPS) is 12.6. The molecule has 4 rings (SSSR count). The zero-order valence-corrected chi connectivity index (χ0v) is 11.9. The van der Waals surface area contributed by atoms with Crippen LogP contribution in [0, 0.1) is 0 Å². The molecule has 0 atom stereocenters. The van der Waals surface area contributed by atoms with Crippen molar-refractivity contribution in [3.63, 3.8) is 0 Å². The smallest absolute Gasteiger partial charge is 0.255 e. The maximum absolute atomic E-state index is 12.3. The summed E-state index contributed by atoms with van der Waals surface area (Å²) in [6.45, 7) is 0.191. The van der Waals surface area contributed by atoms with Crippen LogP contribution in [0.15, 0.2) is 42.7 Å². The lowest BCUT2D eigenvalue weighted by Crippen LogP contribution is -2.11. The molecule has 6 nitrogen and oxygen atoms in total. The summed E-state index contributed by atoms with van der Waals surface area (Å²) < 4.78 is 12.5. The molecule has 1 N–H and O–H groups in total. The number of nitrogens with one attached hydrogen (secondary N) is 1. The van der Waals surface area contributed by atoms with Gasteiger partial charge in [0.25, 0.3) is 5.91 Å². The molecular weight excluding hydrogens is 282 g/mol. The number of benzene rings is 2. The van der Waals surface area contributed by atoms with E-state index in [4.69, 9.17) is 9.47 Å². The molecule has 0 saturated carbocycles. The van der Waals surface area contributed by atoms with Gasteiger partial charge >= 0.3 is 0 Å². The number of hydrogen-bond acceptors (Lipinski definition) is 4. The minimum Gasteiger partial charge on any atom is -0.454 e. The summed E-state index contributed by atoms with van der Waals surface area (Å²) in [7, 11) is 1.93. The zero-order chi connectivity index (χ0) is 15.1. The second kappa shape index (κ2) is 4.77. The lowest BCUT2D eigenvalue weighted by molar-refractivity contribution is 0.102. The molecule has 3 aromatic rings. The molecule has 1 amide bonds. The van der Waals surface area contributed by atoms with E-state index in [0.717, 1.165) is 11.0 Å². The summed E-state index contributed by atoms with van der Waals surface area (Å²) in [6.07, 6.45) is 1.74. The summed E-state index contributed by atoms with van der Waals surface area (Å²) >= 11 is 0. The maximum Gasteiger partial charge on any atom is 0.255 e. The van der Waals surface area contributed by atoms with Crippen LogP contribution in [0.4, 0.5) is 5.69 Å². The predicted molar refractivity (Wildman–Crippen MR) is 81.2 cm³/mol.